The third-order valence-electron chi connectivity index (χ3n) is 1.69. The molecule has 0 amide bonds. The largest absolute Gasteiger partial charge is 0.484 e. The highest BCUT2D eigenvalue weighted by atomic mass is 32.2. The van der Waals surface area contributed by atoms with E-state index in [0.717, 1.165) is 0 Å². The number of ether oxygens (including phenoxy) is 1. The maximum atomic E-state index is 11.7. The van der Waals surface area contributed by atoms with Gasteiger partial charge in [-0.25, -0.2) is 4.21 Å². The fraction of sp³-hybridized carbons (Fsp3) is 0.700. The van der Waals surface area contributed by atoms with Gasteiger partial charge in [0, 0.05) is 11.3 Å². The second kappa shape index (κ2) is 7.86. The van der Waals surface area contributed by atoms with Crippen molar-refractivity contribution in [2.45, 2.75) is 38.4 Å². The zero-order valence-corrected chi connectivity index (χ0v) is 11.4. The zero-order valence-electron chi connectivity index (χ0n) is 10.6. The van der Waals surface area contributed by atoms with E-state index in [4.69, 9.17) is 10.3 Å². The molecule has 0 bridgehead atoms. The minimum atomic E-state index is -1.32. The van der Waals surface area contributed by atoms with E-state index < -0.39 is 15.7 Å². The molecule has 0 saturated heterocycles. The molecule has 0 aromatic rings. The van der Waals surface area contributed by atoms with Crippen molar-refractivity contribution in [3.05, 3.63) is 22.7 Å². The molecule has 0 rings (SSSR count). The smallest absolute Gasteiger partial charge is 0.197 e. The molecule has 0 N–H and O–H groups in total. The molecule has 0 radical (unpaired) electrons. The number of methoxy groups -OCH3 is 1. The lowest BCUT2D eigenvalue weighted by Crippen LogP contribution is -2.21. The van der Waals surface area contributed by atoms with E-state index in [-0.39, 0.29) is 0 Å². The number of azide groups is 1. The predicted molar refractivity (Wildman–Crippen MR) is 69.9 cm³/mol. The fourth-order valence-electron chi connectivity index (χ4n) is 0.773. The lowest BCUT2D eigenvalue weighted by molar-refractivity contribution is 0.391. The van der Waals surface area contributed by atoms with Crippen molar-refractivity contribution in [1.82, 2.24) is 0 Å². The Hall–Kier alpha value is -1.33. The zero-order chi connectivity index (χ0) is 13.3. The van der Waals surface area contributed by atoms with Crippen LogP contribution in [-0.2, 0) is 15.7 Å². The third kappa shape index (κ3) is 7.54. The van der Waals surface area contributed by atoms with E-state index in [1.54, 1.807) is 6.08 Å². The average molecular weight is 258 g/mol. The molecule has 1 atom stereocenters. The van der Waals surface area contributed by atoms with Crippen LogP contribution >= 0.6 is 0 Å². The van der Waals surface area contributed by atoms with Gasteiger partial charge >= 0.3 is 0 Å². The Balaban J connectivity index is 4.38. The van der Waals surface area contributed by atoms with Crippen LogP contribution in [0.4, 0.5) is 0 Å². The summed E-state index contributed by atoms with van der Waals surface area (Å²) in [5, 5.41) is 3.25. The van der Waals surface area contributed by atoms with Gasteiger partial charge in [0.1, 0.15) is 11.0 Å². The number of hydrogen-bond acceptors (Lipinski definition) is 3. The van der Waals surface area contributed by atoms with E-state index >= 15 is 0 Å². The molecule has 6 nitrogen and oxygen atoms in total. The maximum Gasteiger partial charge on any atom is 0.197 e. The molecule has 0 heterocycles. The first-order chi connectivity index (χ1) is 7.91. The molecule has 0 saturated carbocycles. The van der Waals surface area contributed by atoms with Crippen molar-refractivity contribution in [2.75, 3.05) is 7.11 Å². The van der Waals surface area contributed by atoms with Gasteiger partial charge in [-0.15, -0.1) is 0 Å². The van der Waals surface area contributed by atoms with Gasteiger partial charge in [-0.1, -0.05) is 11.2 Å². The first-order valence-electron chi connectivity index (χ1n) is 5.14. The molecule has 17 heavy (non-hydrogen) atoms. The highest BCUT2D eigenvalue weighted by molar-refractivity contribution is 7.85. The number of rotatable bonds is 5. The SMILES string of the molecule is CO/C(CC/C=C/N=[N+]=[N-])=N\S(=O)C(C)(C)C. The Morgan fingerprint density at radius 3 is 2.65 bits per heavy atom. The molecule has 0 spiro atoms. The van der Waals surface area contributed by atoms with Crippen LogP contribution < -0.4 is 0 Å². The van der Waals surface area contributed by atoms with E-state index in [0.29, 0.717) is 18.7 Å². The van der Waals surface area contributed by atoms with E-state index in [1.165, 1.54) is 13.3 Å². The summed E-state index contributed by atoms with van der Waals surface area (Å²) in [5.74, 6) is 0.434. The van der Waals surface area contributed by atoms with Crippen LogP contribution in [0.15, 0.2) is 21.8 Å². The Morgan fingerprint density at radius 2 is 2.18 bits per heavy atom. The number of nitrogens with zero attached hydrogens (tertiary/aromatic N) is 4. The topological polar surface area (TPSA) is 87.4 Å². The molecule has 0 fully saturated rings. The van der Waals surface area contributed by atoms with Gasteiger partial charge in [-0.05, 0) is 38.9 Å². The Morgan fingerprint density at radius 1 is 1.53 bits per heavy atom. The van der Waals surface area contributed by atoms with Crippen molar-refractivity contribution >= 4 is 16.9 Å². The summed E-state index contributed by atoms with van der Waals surface area (Å²) in [6, 6.07) is 0. The summed E-state index contributed by atoms with van der Waals surface area (Å²) < 4.78 is 20.4. The van der Waals surface area contributed by atoms with E-state index in [9.17, 15) is 4.21 Å². The normalized spacial score (nSPS) is 14.5. The van der Waals surface area contributed by atoms with Crippen LogP contribution in [-0.4, -0.2) is 22.0 Å². The van der Waals surface area contributed by atoms with Crippen LogP contribution in [0.1, 0.15) is 33.6 Å². The van der Waals surface area contributed by atoms with Gasteiger partial charge in [0.2, 0.25) is 0 Å². The molecule has 0 aromatic carbocycles. The van der Waals surface area contributed by atoms with Gasteiger partial charge < -0.3 is 4.74 Å². The van der Waals surface area contributed by atoms with Gasteiger partial charge in [0.15, 0.2) is 5.90 Å². The molecule has 0 aliphatic rings. The molecule has 0 aliphatic carbocycles. The molecule has 0 aliphatic heterocycles. The summed E-state index contributed by atoms with van der Waals surface area (Å²) in [5.41, 5.74) is 8.05. The summed E-state index contributed by atoms with van der Waals surface area (Å²) in [4.78, 5) is 2.58. The monoisotopic (exact) mass is 258 g/mol. The second-order valence-corrected chi connectivity index (χ2v) is 6.08. The summed E-state index contributed by atoms with van der Waals surface area (Å²) in [6.07, 6.45) is 4.21. The van der Waals surface area contributed by atoms with Crippen molar-refractivity contribution < 1.29 is 8.95 Å². The van der Waals surface area contributed by atoms with Crippen molar-refractivity contribution in [1.29, 1.82) is 0 Å². The quantitative estimate of drug-likeness (QED) is 0.249. The molecular formula is C10H18N4O2S. The van der Waals surface area contributed by atoms with Crippen LogP contribution in [0, 0.1) is 0 Å². The van der Waals surface area contributed by atoms with E-state index in [1.807, 2.05) is 20.8 Å². The van der Waals surface area contributed by atoms with Crippen molar-refractivity contribution in [2.24, 2.45) is 9.51 Å². The number of allylic oxidation sites excluding steroid dienone is 1. The summed E-state index contributed by atoms with van der Waals surface area (Å²) in [7, 11) is 0.177. The van der Waals surface area contributed by atoms with Crippen LogP contribution in [0.25, 0.3) is 10.4 Å². The molecule has 0 aromatic heterocycles. The second-order valence-electron chi connectivity index (χ2n) is 4.18. The maximum absolute atomic E-state index is 11.7. The molecule has 7 heteroatoms. The average Bonchev–Trinajstić information content (AvgIpc) is 2.25. The Bertz CT molecular complexity index is 365. The van der Waals surface area contributed by atoms with Gasteiger partial charge in [0.25, 0.3) is 0 Å². The molecule has 1 unspecified atom stereocenters. The standard InChI is InChI=1S/C10H18N4O2S/c1-10(2,3)17(15)13-9(16-4)7-5-6-8-12-14-11/h6,8H,5,7H2,1-4H3/b8-6+,13-9-. The third-order valence-corrected chi connectivity index (χ3v) is 3.11. The fourth-order valence-corrected chi connectivity index (χ4v) is 1.40. The first kappa shape index (κ1) is 15.7. The Kier molecular flexibility index (Phi) is 7.25. The Labute approximate surface area is 104 Å². The van der Waals surface area contributed by atoms with Crippen LogP contribution in [0.5, 0.6) is 0 Å². The molecular weight excluding hydrogens is 240 g/mol. The predicted octanol–water partition coefficient (Wildman–Crippen LogP) is 3.10. The lowest BCUT2D eigenvalue weighted by Gasteiger charge is -2.14. The number of hydrogen-bond donors (Lipinski definition) is 0. The highest BCUT2D eigenvalue weighted by Gasteiger charge is 2.19. The van der Waals surface area contributed by atoms with Crippen LogP contribution in [0.2, 0.25) is 0 Å². The van der Waals surface area contributed by atoms with Gasteiger partial charge in [-0.2, -0.15) is 4.40 Å². The lowest BCUT2D eigenvalue weighted by atomic mass is 10.3. The van der Waals surface area contributed by atoms with Crippen LogP contribution in [0.3, 0.4) is 0 Å². The first-order valence-corrected chi connectivity index (χ1v) is 6.25. The summed E-state index contributed by atoms with van der Waals surface area (Å²) >= 11 is 0. The summed E-state index contributed by atoms with van der Waals surface area (Å²) in [6.45, 7) is 5.55. The van der Waals surface area contributed by atoms with Gasteiger partial charge in [0.05, 0.1) is 11.9 Å². The van der Waals surface area contributed by atoms with Crippen molar-refractivity contribution in [3.8, 4) is 0 Å². The van der Waals surface area contributed by atoms with E-state index in [2.05, 4.69) is 14.4 Å². The minimum absolute atomic E-state index is 0.398. The van der Waals surface area contributed by atoms with Gasteiger partial charge in [-0.3, -0.25) is 0 Å². The minimum Gasteiger partial charge on any atom is -0.484 e. The molecule has 96 valence electrons. The van der Waals surface area contributed by atoms with Crippen molar-refractivity contribution in [3.63, 3.8) is 0 Å². The highest BCUT2D eigenvalue weighted by Crippen LogP contribution is 2.13.